The Kier molecular flexibility index (Phi) is 3.65. The van der Waals surface area contributed by atoms with Crippen LogP contribution in [0.3, 0.4) is 0 Å². The number of fused-ring (bicyclic) bond motifs is 1. The molecule has 1 aliphatic rings. The van der Waals surface area contributed by atoms with Crippen LogP contribution in [0.1, 0.15) is 35.9 Å². The normalized spacial score (nSPS) is 18.1. The van der Waals surface area contributed by atoms with Gasteiger partial charge in [0.1, 0.15) is 5.82 Å². The Bertz CT molecular complexity index is 660. The predicted octanol–water partition coefficient (Wildman–Crippen LogP) is 4.71. The van der Waals surface area contributed by atoms with Gasteiger partial charge < -0.3 is 9.67 Å². The van der Waals surface area contributed by atoms with Crippen molar-refractivity contribution in [3.63, 3.8) is 0 Å². The fraction of sp³-hybridized carbons (Fsp3) is 0.333. The molecule has 0 saturated carbocycles. The quantitative estimate of drug-likeness (QED) is 0.784. The molecule has 20 heavy (non-hydrogen) atoms. The lowest BCUT2D eigenvalue weighted by molar-refractivity contribution is 0.156. The number of halogens is 3. The molecule has 0 bridgehead atoms. The molecule has 1 atom stereocenters. The van der Waals surface area contributed by atoms with Gasteiger partial charge >= 0.3 is 0 Å². The van der Waals surface area contributed by atoms with Crippen LogP contribution in [0.4, 0.5) is 4.39 Å². The molecule has 0 amide bonds. The van der Waals surface area contributed by atoms with E-state index in [-0.39, 0.29) is 5.82 Å². The maximum absolute atomic E-state index is 13.4. The van der Waals surface area contributed by atoms with Crippen LogP contribution in [0.2, 0.25) is 5.02 Å². The molecular weight excluding hydrogens is 345 g/mol. The molecule has 1 aliphatic carbocycles. The molecule has 2 aromatic rings. The van der Waals surface area contributed by atoms with Crippen LogP contribution in [-0.2, 0) is 6.42 Å². The average molecular weight is 359 g/mol. The summed E-state index contributed by atoms with van der Waals surface area (Å²) in [5.74, 6) is -0.371. The molecule has 0 aliphatic heterocycles. The van der Waals surface area contributed by atoms with Crippen LogP contribution in [0, 0.1) is 12.7 Å². The van der Waals surface area contributed by atoms with Crippen molar-refractivity contribution in [3.05, 3.63) is 50.5 Å². The van der Waals surface area contributed by atoms with E-state index in [1.165, 1.54) is 12.1 Å². The molecule has 0 spiro atoms. The van der Waals surface area contributed by atoms with Gasteiger partial charge in [-0.05, 0) is 60.3 Å². The summed E-state index contributed by atoms with van der Waals surface area (Å²) in [6.45, 7) is 1.97. The van der Waals surface area contributed by atoms with Crippen LogP contribution in [0.5, 0.6) is 0 Å². The van der Waals surface area contributed by atoms with E-state index in [2.05, 4.69) is 15.9 Å². The van der Waals surface area contributed by atoms with Crippen LogP contribution >= 0.6 is 27.5 Å². The number of rotatable bonds is 1. The van der Waals surface area contributed by atoms with E-state index < -0.39 is 6.10 Å². The summed E-state index contributed by atoms with van der Waals surface area (Å²) >= 11 is 9.61. The molecule has 1 aromatic carbocycles. The lowest BCUT2D eigenvalue weighted by Gasteiger charge is -2.21. The number of hydrogen-bond acceptors (Lipinski definition) is 1. The zero-order valence-electron chi connectivity index (χ0n) is 11.0. The minimum Gasteiger partial charge on any atom is -0.388 e. The number of aromatic nitrogens is 1. The Morgan fingerprint density at radius 1 is 1.40 bits per heavy atom. The highest BCUT2D eigenvalue weighted by atomic mass is 79.9. The van der Waals surface area contributed by atoms with E-state index in [1.54, 1.807) is 0 Å². The van der Waals surface area contributed by atoms with Crippen molar-refractivity contribution in [1.82, 2.24) is 4.57 Å². The number of benzene rings is 1. The molecule has 3 rings (SSSR count). The smallest absolute Gasteiger partial charge is 0.125 e. The summed E-state index contributed by atoms with van der Waals surface area (Å²) < 4.78 is 16.0. The zero-order chi connectivity index (χ0) is 14.4. The third kappa shape index (κ3) is 2.20. The summed E-state index contributed by atoms with van der Waals surface area (Å²) in [5, 5.41) is 10.5. The summed E-state index contributed by atoms with van der Waals surface area (Å²) in [4.78, 5) is 0. The summed E-state index contributed by atoms with van der Waals surface area (Å²) in [6, 6.07) is 4.71. The van der Waals surface area contributed by atoms with Gasteiger partial charge in [-0.15, -0.1) is 0 Å². The minimum atomic E-state index is -0.420. The first kappa shape index (κ1) is 14.1. The molecule has 5 heteroatoms. The first-order chi connectivity index (χ1) is 9.49. The molecule has 106 valence electrons. The molecule has 0 saturated heterocycles. The molecule has 1 N–H and O–H groups in total. The van der Waals surface area contributed by atoms with Crippen molar-refractivity contribution in [2.75, 3.05) is 0 Å². The van der Waals surface area contributed by atoms with E-state index in [0.717, 1.165) is 41.9 Å². The van der Waals surface area contributed by atoms with Gasteiger partial charge in [-0.25, -0.2) is 4.39 Å². The van der Waals surface area contributed by atoms with E-state index in [9.17, 15) is 9.50 Å². The van der Waals surface area contributed by atoms with Gasteiger partial charge in [-0.1, -0.05) is 11.6 Å². The summed E-state index contributed by atoms with van der Waals surface area (Å²) in [6.07, 6.45) is 2.19. The third-order valence-corrected chi connectivity index (χ3v) is 4.67. The number of nitrogens with zero attached hydrogens (tertiary/aromatic N) is 1. The Balaban J connectivity index is 2.26. The van der Waals surface area contributed by atoms with Crippen molar-refractivity contribution in [3.8, 4) is 5.69 Å². The first-order valence-electron chi connectivity index (χ1n) is 6.53. The zero-order valence-corrected chi connectivity index (χ0v) is 13.3. The molecule has 0 radical (unpaired) electrons. The van der Waals surface area contributed by atoms with Gasteiger partial charge in [0.2, 0.25) is 0 Å². The fourth-order valence-electron chi connectivity index (χ4n) is 2.94. The van der Waals surface area contributed by atoms with Crippen LogP contribution < -0.4 is 0 Å². The van der Waals surface area contributed by atoms with Crippen molar-refractivity contribution < 1.29 is 9.50 Å². The monoisotopic (exact) mass is 357 g/mol. The van der Waals surface area contributed by atoms with Gasteiger partial charge in [0, 0.05) is 21.4 Å². The lowest BCUT2D eigenvalue weighted by atomic mass is 9.95. The Labute approximate surface area is 130 Å². The van der Waals surface area contributed by atoms with E-state index in [4.69, 9.17) is 11.6 Å². The maximum atomic E-state index is 13.4. The Morgan fingerprint density at radius 3 is 2.85 bits per heavy atom. The molecule has 0 fully saturated rings. The highest BCUT2D eigenvalue weighted by molar-refractivity contribution is 9.10. The SMILES string of the molecule is Cc1cc2c(n1-c1c(Cl)cc(F)cc1Br)CCCC2O. The fourth-order valence-corrected chi connectivity index (χ4v) is 3.95. The van der Waals surface area contributed by atoms with Gasteiger partial charge in [0.05, 0.1) is 16.8 Å². The van der Waals surface area contributed by atoms with E-state index in [0.29, 0.717) is 9.50 Å². The van der Waals surface area contributed by atoms with Crippen LogP contribution in [-0.4, -0.2) is 9.67 Å². The highest BCUT2D eigenvalue weighted by Gasteiger charge is 2.25. The highest BCUT2D eigenvalue weighted by Crippen LogP contribution is 2.38. The third-order valence-electron chi connectivity index (χ3n) is 3.78. The molecular formula is C15H14BrClFNO. The largest absolute Gasteiger partial charge is 0.388 e. The molecule has 1 unspecified atom stereocenters. The Morgan fingerprint density at radius 2 is 2.15 bits per heavy atom. The van der Waals surface area contributed by atoms with Crippen molar-refractivity contribution in [2.45, 2.75) is 32.3 Å². The van der Waals surface area contributed by atoms with Crippen molar-refractivity contribution in [2.24, 2.45) is 0 Å². The van der Waals surface area contributed by atoms with Gasteiger partial charge in [0.15, 0.2) is 0 Å². The molecule has 1 heterocycles. The average Bonchev–Trinajstić information content (AvgIpc) is 2.67. The Hall–Kier alpha value is -0.840. The summed E-state index contributed by atoms with van der Waals surface area (Å²) in [7, 11) is 0. The van der Waals surface area contributed by atoms with E-state index >= 15 is 0 Å². The van der Waals surface area contributed by atoms with Crippen LogP contribution in [0.15, 0.2) is 22.7 Å². The van der Waals surface area contributed by atoms with Crippen molar-refractivity contribution >= 4 is 27.5 Å². The number of aliphatic hydroxyl groups is 1. The summed E-state index contributed by atoms with van der Waals surface area (Å²) in [5.41, 5.74) is 3.75. The second kappa shape index (κ2) is 5.17. The number of aliphatic hydroxyl groups excluding tert-OH is 1. The number of aryl methyl sites for hydroxylation is 1. The lowest BCUT2D eigenvalue weighted by Crippen LogP contribution is -2.12. The number of hydrogen-bond donors (Lipinski definition) is 1. The van der Waals surface area contributed by atoms with Gasteiger partial charge in [-0.3, -0.25) is 0 Å². The van der Waals surface area contributed by atoms with Crippen molar-refractivity contribution in [1.29, 1.82) is 0 Å². The predicted molar refractivity (Wildman–Crippen MR) is 81.1 cm³/mol. The molecule has 1 aromatic heterocycles. The second-order valence-electron chi connectivity index (χ2n) is 5.15. The van der Waals surface area contributed by atoms with Gasteiger partial charge in [0.25, 0.3) is 0 Å². The minimum absolute atomic E-state index is 0.360. The molecule has 2 nitrogen and oxygen atoms in total. The topological polar surface area (TPSA) is 25.2 Å². The van der Waals surface area contributed by atoms with Crippen LogP contribution in [0.25, 0.3) is 5.69 Å². The van der Waals surface area contributed by atoms with Gasteiger partial charge in [-0.2, -0.15) is 0 Å². The first-order valence-corrected chi connectivity index (χ1v) is 7.70. The standard InChI is InChI=1S/C15H14BrClFNO/c1-8-5-10-13(3-2-4-14(10)20)19(8)15-11(16)6-9(18)7-12(15)17/h5-7,14,20H,2-4H2,1H3. The maximum Gasteiger partial charge on any atom is 0.125 e. The second-order valence-corrected chi connectivity index (χ2v) is 6.41. The van der Waals surface area contributed by atoms with E-state index in [1.807, 2.05) is 17.6 Å².